The van der Waals surface area contributed by atoms with Crippen molar-refractivity contribution in [2.24, 2.45) is 0 Å². The summed E-state index contributed by atoms with van der Waals surface area (Å²) in [4.78, 5) is 18.1. The van der Waals surface area contributed by atoms with E-state index >= 15 is 0 Å². The van der Waals surface area contributed by atoms with Crippen molar-refractivity contribution in [3.05, 3.63) is 40.9 Å². The highest BCUT2D eigenvalue weighted by Gasteiger charge is 2.29. The Hall–Kier alpha value is -2.83. The fourth-order valence-corrected chi connectivity index (χ4v) is 3.52. The zero-order chi connectivity index (χ0) is 17.6. The number of likely N-dealkylation sites (tertiary alicyclic amines) is 1. The van der Waals surface area contributed by atoms with Gasteiger partial charge in [0, 0.05) is 24.0 Å². The number of aromatic nitrogens is 3. The molecule has 1 atom stereocenters. The number of piperidine rings is 1. The molecule has 1 unspecified atom stereocenters. The minimum Gasteiger partial charge on any atom is -0.408 e. The smallest absolute Gasteiger partial charge is 0.312 e. The molecule has 1 amide bonds. The zero-order valence-corrected chi connectivity index (χ0v) is 14.4. The SMILES string of the molecule is Cc1ccc2[nH]c(C(=O)N3CCCC(c4nnc(N)o4)C3)cc2c1C. The van der Waals surface area contributed by atoms with Gasteiger partial charge in [-0.05, 0) is 49.9 Å². The van der Waals surface area contributed by atoms with Gasteiger partial charge < -0.3 is 20.0 Å². The van der Waals surface area contributed by atoms with Crippen LogP contribution in [0, 0.1) is 13.8 Å². The third-order valence-corrected chi connectivity index (χ3v) is 5.09. The van der Waals surface area contributed by atoms with E-state index in [2.05, 4.69) is 35.1 Å². The van der Waals surface area contributed by atoms with Gasteiger partial charge in [0.15, 0.2) is 0 Å². The average molecular weight is 339 g/mol. The number of carbonyl (C=O) groups excluding carboxylic acids is 1. The number of carbonyl (C=O) groups is 1. The Kier molecular flexibility index (Phi) is 3.71. The summed E-state index contributed by atoms with van der Waals surface area (Å²) >= 11 is 0. The number of fused-ring (bicyclic) bond motifs is 1. The number of amides is 1. The lowest BCUT2D eigenvalue weighted by molar-refractivity contribution is 0.0693. The molecule has 1 aromatic carbocycles. The third-order valence-electron chi connectivity index (χ3n) is 5.09. The van der Waals surface area contributed by atoms with Crippen molar-refractivity contribution in [3.8, 4) is 0 Å². The number of nitrogens with two attached hydrogens (primary N) is 1. The number of rotatable bonds is 2. The fourth-order valence-electron chi connectivity index (χ4n) is 3.52. The number of nitrogens with one attached hydrogen (secondary N) is 1. The van der Waals surface area contributed by atoms with Crippen LogP contribution in [0.25, 0.3) is 10.9 Å². The monoisotopic (exact) mass is 339 g/mol. The van der Waals surface area contributed by atoms with E-state index in [-0.39, 0.29) is 17.8 Å². The molecule has 1 fully saturated rings. The van der Waals surface area contributed by atoms with Crippen molar-refractivity contribution in [1.82, 2.24) is 20.1 Å². The van der Waals surface area contributed by atoms with Crippen molar-refractivity contribution in [2.75, 3.05) is 18.8 Å². The Balaban J connectivity index is 1.59. The van der Waals surface area contributed by atoms with Crippen LogP contribution in [0.4, 0.5) is 6.01 Å². The van der Waals surface area contributed by atoms with E-state index in [1.807, 2.05) is 17.0 Å². The maximum atomic E-state index is 13.0. The van der Waals surface area contributed by atoms with Crippen molar-refractivity contribution in [2.45, 2.75) is 32.6 Å². The molecule has 0 spiro atoms. The minimum atomic E-state index is 0.00504. The third kappa shape index (κ3) is 2.75. The quantitative estimate of drug-likeness (QED) is 0.747. The van der Waals surface area contributed by atoms with Gasteiger partial charge in [-0.15, -0.1) is 5.10 Å². The molecule has 4 rings (SSSR count). The van der Waals surface area contributed by atoms with Gasteiger partial charge in [-0.25, -0.2) is 0 Å². The first-order chi connectivity index (χ1) is 12.0. The Morgan fingerprint density at radius 2 is 2.20 bits per heavy atom. The van der Waals surface area contributed by atoms with E-state index in [4.69, 9.17) is 10.2 Å². The van der Waals surface area contributed by atoms with E-state index in [1.165, 1.54) is 11.1 Å². The van der Waals surface area contributed by atoms with Crippen LogP contribution < -0.4 is 5.73 Å². The van der Waals surface area contributed by atoms with Crippen molar-refractivity contribution in [3.63, 3.8) is 0 Å². The summed E-state index contributed by atoms with van der Waals surface area (Å²) in [5.74, 6) is 0.555. The molecule has 3 N–H and O–H groups in total. The number of nitrogens with zero attached hydrogens (tertiary/aromatic N) is 3. The molecule has 2 aromatic heterocycles. The predicted molar refractivity (Wildman–Crippen MR) is 94.4 cm³/mol. The second-order valence-corrected chi connectivity index (χ2v) is 6.72. The maximum absolute atomic E-state index is 13.0. The molecule has 1 aliphatic rings. The summed E-state index contributed by atoms with van der Waals surface area (Å²) in [5, 5.41) is 8.79. The normalized spacial score (nSPS) is 18.0. The van der Waals surface area contributed by atoms with E-state index in [0.29, 0.717) is 18.1 Å². The molecule has 0 bridgehead atoms. The van der Waals surface area contributed by atoms with Crippen molar-refractivity contribution < 1.29 is 9.21 Å². The van der Waals surface area contributed by atoms with Crippen LogP contribution in [0.3, 0.4) is 0 Å². The van der Waals surface area contributed by atoms with E-state index in [0.717, 1.165) is 30.3 Å². The van der Waals surface area contributed by atoms with Crippen LogP contribution in [0.1, 0.15) is 46.3 Å². The van der Waals surface area contributed by atoms with Crippen LogP contribution >= 0.6 is 0 Å². The maximum Gasteiger partial charge on any atom is 0.312 e. The van der Waals surface area contributed by atoms with Crippen LogP contribution in [-0.2, 0) is 0 Å². The average Bonchev–Trinajstić information content (AvgIpc) is 3.24. The Morgan fingerprint density at radius 1 is 1.36 bits per heavy atom. The van der Waals surface area contributed by atoms with Crippen LogP contribution in [0.2, 0.25) is 0 Å². The summed E-state index contributed by atoms with van der Waals surface area (Å²) in [6.45, 7) is 5.45. The molecule has 0 radical (unpaired) electrons. The van der Waals surface area contributed by atoms with Crippen LogP contribution in [-0.4, -0.2) is 39.1 Å². The summed E-state index contributed by atoms with van der Waals surface area (Å²) in [5.41, 5.74) is 9.54. The summed E-state index contributed by atoms with van der Waals surface area (Å²) in [6, 6.07) is 6.11. The van der Waals surface area contributed by atoms with Gasteiger partial charge in [-0.1, -0.05) is 11.2 Å². The van der Waals surface area contributed by atoms with Gasteiger partial charge in [-0.2, -0.15) is 0 Å². The molecule has 7 heteroatoms. The molecular formula is C18H21N5O2. The molecule has 3 heterocycles. The summed E-state index contributed by atoms with van der Waals surface area (Å²) in [6.07, 6.45) is 1.81. The molecule has 0 aliphatic carbocycles. The molecule has 1 aliphatic heterocycles. The van der Waals surface area contributed by atoms with Gasteiger partial charge in [-0.3, -0.25) is 4.79 Å². The Bertz CT molecular complexity index is 942. The van der Waals surface area contributed by atoms with Crippen LogP contribution in [0.15, 0.2) is 22.6 Å². The van der Waals surface area contributed by atoms with Crippen molar-refractivity contribution >= 4 is 22.8 Å². The lowest BCUT2D eigenvalue weighted by atomic mass is 9.98. The number of aromatic amines is 1. The number of hydrogen-bond acceptors (Lipinski definition) is 5. The number of anilines is 1. The highest BCUT2D eigenvalue weighted by molar-refractivity contribution is 5.99. The second kappa shape index (κ2) is 5.91. The molecule has 3 aromatic rings. The summed E-state index contributed by atoms with van der Waals surface area (Å²) < 4.78 is 5.34. The topological polar surface area (TPSA) is 101 Å². The standard InChI is InChI=1S/C18H21N5O2/c1-10-5-6-14-13(11(10)2)8-15(20-14)17(24)23-7-3-4-12(9-23)16-21-22-18(19)25-16/h5-6,8,12,20H,3-4,7,9H2,1-2H3,(H2,19,22). The van der Waals surface area contributed by atoms with Crippen molar-refractivity contribution in [1.29, 1.82) is 0 Å². The number of benzene rings is 1. The highest BCUT2D eigenvalue weighted by Crippen LogP contribution is 2.28. The van der Waals surface area contributed by atoms with Gasteiger partial charge in [0.1, 0.15) is 5.69 Å². The van der Waals surface area contributed by atoms with Gasteiger partial charge in [0.25, 0.3) is 5.91 Å². The van der Waals surface area contributed by atoms with Gasteiger partial charge >= 0.3 is 6.01 Å². The number of hydrogen-bond donors (Lipinski definition) is 2. The van der Waals surface area contributed by atoms with Gasteiger partial charge in [0.05, 0.1) is 5.92 Å². The fraction of sp³-hybridized carbons (Fsp3) is 0.389. The van der Waals surface area contributed by atoms with Gasteiger partial charge in [0.2, 0.25) is 5.89 Å². The molecule has 130 valence electrons. The summed E-state index contributed by atoms with van der Waals surface area (Å²) in [7, 11) is 0. The number of nitrogen functional groups attached to an aromatic ring is 1. The lowest BCUT2D eigenvalue weighted by Gasteiger charge is -2.30. The first kappa shape index (κ1) is 15.7. The molecule has 7 nitrogen and oxygen atoms in total. The lowest BCUT2D eigenvalue weighted by Crippen LogP contribution is -2.39. The largest absolute Gasteiger partial charge is 0.408 e. The first-order valence-electron chi connectivity index (χ1n) is 8.50. The van der Waals surface area contributed by atoms with Crippen LogP contribution in [0.5, 0.6) is 0 Å². The molecule has 1 saturated heterocycles. The van der Waals surface area contributed by atoms with E-state index in [9.17, 15) is 4.79 Å². The first-order valence-corrected chi connectivity index (χ1v) is 8.50. The highest BCUT2D eigenvalue weighted by atomic mass is 16.4. The minimum absolute atomic E-state index is 0.00504. The molecule has 25 heavy (non-hydrogen) atoms. The molecule has 0 saturated carbocycles. The number of H-pyrrole nitrogens is 1. The number of aryl methyl sites for hydroxylation is 2. The Morgan fingerprint density at radius 3 is 2.96 bits per heavy atom. The second-order valence-electron chi connectivity index (χ2n) is 6.72. The predicted octanol–water partition coefficient (Wildman–Crippen LogP) is 2.77. The van der Waals surface area contributed by atoms with E-state index in [1.54, 1.807) is 0 Å². The molecular weight excluding hydrogens is 318 g/mol. The Labute approximate surface area is 145 Å². The zero-order valence-electron chi connectivity index (χ0n) is 14.4. The van der Waals surface area contributed by atoms with E-state index < -0.39 is 0 Å².